The maximum absolute atomic E-state index is 12.6. The minimum absolute atomic E-state index is 0.0458. The van der Waals surface area contributed by atoms with Gasteiger partial charge in [0.2, 0.25) is 0 Å². The number of aliphatic hydroxyl groups is 1. The van der Waals surface area contributed by atoms with Crippen LogP contribution in [0.5, 0.6) is 0 Å². The third-order valence-corrected chi connectivity index (χ3v) is 3.97. The Bertz CT molecular complexity index is 667. The summed E-state index contributed by atoms with van der Waals surface area (Å²) in [6.07, 6.45) is 1.91. The van der Waals surface area contributed by atoms with E-state index in [0.717, 1.165) is 24.1 Å². The van der Waals surface area contributed by atoms with Crippen molar-refractivity contribution in [2.24, 2.45) is 0 Å². The highest BCUT2D eigenvalue weighted by atomic mass is 16.3. The highest BCUT2D eigenvalue weighted by Gasteiger charge is 2.17. The molecule has 25 heavy (non-hydrogen) atoms. The number of carbonyl (C=O) groups excluding carboxylic acids is 1. The number of carbonyl (C=O) groups is 1. The predicted octanol–water partition coefficient (Wildman–Crippen LogP) is 3.76. The molecule has 0 atom stereocenters. The molecular weight excluding hydrogens is 316 g/mol. The molecule has 1 aromatic carbocycles. The Morgan fingerprint density at radius 2 is 2.00 bits per heavy atom. The molecule has 0 saturated carbocycles. The summed E-state index contributed by atoms with van der Waals surface area (Å²) in [6, 6.07) is 11.7. The van der Waals surface area contributed by atoms with Gasteiger partial charge < -0.3 is 10.0 Å². The molecule has 0 spiro atoms. The summed E-state index contributed by atoms with van der Waals surface area (Å²) in [7, 11) is 0. The van der Waals surface area contributed by atoms with Gasteiger partial charge in [-0.25, -0.2) is 9.48 Å². The van der Waals surface area contributed by atoms with Gasteiger partial charge in [-0.3, -0.25) is 5.32 Å². The van der Waals surface area contributed by atoms with Crippen LogP contribution in [0.25, 0.3) is 11.3 Å². The number of nitrogens with zero attached hydrogens (tertiary/aromatic N) is 3. The maximum atomic E-state index is 12.6. The van der Waals surface area contributed by atoms with Crippen molar-refractivity contribution in [1.82, 2.24) is 14.7 Å². The molecule has 2 amide bonds. The Morgan fingerprint density at radius 3 is 2.60 bits per heavy atom. The van der Waals surface area contributed by atoms with Gasteiger partial charge in [0.15, 0.2) is 0 Å². The summed E-state index contributed by atoms with van der Waals surface area (Å²) >= 11 is 0. The summed E-state index contributed by atoms with van der Waals surface area (Å²) < 4.78 is 1.82. The average Bonchev–Trinajstić information content (AvgIpc) is 3.03. The molecule has 1 heterocycles. The first kappa shape index (κ1) is 19.0. The fourth-order valence-electron chi connectivity index (χ4n) is 2.60. The van der Waals surface area contributed by atoms with Crippen molar-refractivity contribution >= 4 is 11.8 Å². The highest BCUT2D eigenvalue weighted by molar-refractivity contribution is 5.89. The number of aromatic nitrogens is 2. The molecule has 0 bridgehead atoms. The third kappa shape index (κ3) is 5.06. The molecule has 0 aliphatic heterocycles. The zero-order valence-corrected chi connectivity index (χ0v) is 15.3. The quantitative estimate of drug-likeness (QED) is 0.766. The van der Waals surface area contributed by atoms with E-state index in [-0.39, 0.29) is 18.7 Å². The number of hydrogen-bond donors (Lipinski definition) is 2. The number of benzene rings is 1. The Labute approximate surface area is 149 Å². The van der Waals surface area contributed by atoms with Crippen LogP contribution >= 0.6 is 0 Å². The van der Waals surface area contributed by atoms with Crippen LogP contribution in [-0.2, 0) is 0 Å². The summed E-state index contributed by atoms with van der Waals surface area (Å²) in [6.45, 7) is 7.04. The lowest BCUT2D eigenvalue weighted by molar-refractivity contribution is 0.187. The molecule has 0 radical (unpaired) electrons. The van der Waals surface area contributed by atoms with Crippen LogP contribution in [0.15, 0.2) is 36.4 Å². The maximum Gasteiger partial charge on any atom is 0.323 e. The smallest absolute Gasteiger partial charge is 0.323 e. The van der Waals surface area contributed by atoms with Gasteiger partial charge in [-0.05, 0) is 20.3 Å². The Morgan fingerprint density at radius 1 is 1.28 bits per heavy atom. The second kappa shape index (κ2) is 9.22. The molecule has 0 aliphatic rings. The molecule has 6 nitrogen and oxygen atoms in total. The van der Waals surface area contributed by atoms with Crippen molar-refractivity contribution in [3.05, 3.63) is 36.4 Å². The zero-order valence-electron chi connectivity index (χ0n) is 15.3. The van der Waals surface area contributed by atoms with E-state index in [1.807, 2.05) is 54.9 Å². The van der Waals surface area contributed by atoms with Crippen molar-refractivity contribution in [3.8, 4) is 11.3 Å². The number of amides is 2. The first-order chi connectivity index (χ1) is 12.1. The Balaban J connectivity index is 2.22. The van der Waals surface area contributed by atoms with Gasteiger partial charge in [0.1, 0.15) is 5.82 Å². The largest absolute Gasteiger partial charge is 0.395 e. The molecule has 0 aliphatic carbocycles. The second-order valence-corrected chi connectivity index (χ2v) is 6.31. The number of urea groups is 1. The number of anilines is 1. The van der Waals surface area contributed by atoms with Crippen LogP contribution in [0.1, 0.15) is 39.7 Å². The molecule has 0 unspecified atom stereocenters. The number of rotatable bonds is 8. The fourth-order valence-corrected chi connectivity index (χ4v) is 2.60. The lowest BCUT2D eigenvalue weighted by Crippen LogP contribution is -2.38. The summed E-state index contributed by atoms with van der Waals surface area (Å²) in [5.74, 6) is 0.665. The van der Waals surface area contributed by atoms with Gasteiger partial charge in [-0.2, -0.15) is 5.10 Å². The molecule has 0 fully saturated rings. The first-order valence-corrected chi connectivity index (χ1v) is 8.88. The van der Waals surface area contributed by atoms with Crippen LogP contribution in [0.3, 0.4) is 0 Å². The fraction of sp³-hybridized carbons (Fsp3) is 0.474. The number of hydrogen-bond acceptors (Lipinski definition) is 3. The van der Waals surface area contributed by atoms with E-state index in [2.05, 4.69) is 17.3 Å². The Hall–Kier alpha value is -2.34. The van der Waals surface area contributed by atoms with Gasteiger partial charge in [0.05, 0.1) is 12.3 Å². The van der Waals surface area contributed by atoms with E-state index in [0.29, 0.717) is 18.9 Å². The topological polar surface area (TPSA) is 70.4 Å². The molecular formula is C19H28N4O2. The van der Waals surface area contributed by atoms with Crippen LogP contribution in [0, 0.1) is 0 Å². The van der Waals surface area contributed by atoms with Crippen molar-refractivity contribution in [2.75, 3.05) is 25.0 Å². The molecule has 0 saturated heterocycles. The Kier molecular flexibility index (Phi) is 7.01. The summed E-state index contributed by atoms with van der Waals surface area (Å²) in [5, 5.41) is 16.8. The van der Waals surface area contributed by atoms with E-state index >= 15 is 0 Å². The average molecular weight is 344 g/mol. The van der Waals surface area contributed by atoms with Crippen molar-refractivity contribution in [2.45, 2.75) is 39.7 Å². The van der Waals surface area contributed by atoms with Crippen LogP contribution < -0.4 is 5.32 Å². The van der Waals surface area contributed by atoms with E-state index in [9.17, 15) is 9.90 Å². The lowest BCUT2D eigenvalue weighted by atomic mass is 10.2. The van der Waals surface area contributed by atoms with Crippen molar-refractivity contribution in [1.29, 1.82) is 0 Å². The van der Waals surface area contributed by atoms with Gasteiger partial charge in [0, 0.05) is 30.8 Å². The van der Waals surface area contributed by atoms with Gasteiger partial charge >= 0.3 is 6.03 Å². The molecule has 136 valence electrons. The van der Waals surface area contributed by atoms with E-state index in [1.54, 1.807) is 4.90 Å². The van der Waals surface area contributed by atoms with Crippen LogP contribution in [-0.4, -0.2) is 45.5 Å². The SMILES string of the molecule is CCCCN(CCO)C(=O)Nc1cc(-c2ccccc2)nn1C(C)C. The van der Waals surface area contributed by atoms with E-state index in [4.69, 9.17) is 0 Å². The standard InChI is InChI=1S/C19H28N4O2/c1-4-5-11-22(12-13-24)19(25)20-18-14-17(21-23(18)15(2)3)16-9-7-6-8-10-16/h6-10,14-15,24H,4-5,11-13H2,1-3H3,(H,20,25). The molecule has 2 N–H and O–H groups in total. The van der Waals surface area contributed by atoms with Gasteiger partial charge in [-0.1, -0.05) is 43.7 Å². The number of aliphatic hydroxyl groups excluding tert-OH is 1. The first-order valence-electron chi connectivity index (χ1n) is 8.88. The van der Waals surface area contributed by atoms with Crippen molar-refractivity contribution < 1.29 is 9.90 Å². The zero-order chi connectivity index (χ0) is 18.2. The van der Waals surface area contributed by atoms with E-state index in [1.165, 1.54) is 0 Å². The predicted molar refractivity (Wildman–Crippen MR) is 101 cm³/mol. The van der Waals surface area contributed by atoms with Gasteiger partial charge in [-0.15, -0.1) is 0 Å². The molecule has 1 aromatic heterocycles. The summed E-state index contributed by atoms with van der Waals surface area (Å²) in [4.78, 5) is 14.2. The minimum atomic E-state index is -0.205. The molecule has 2 rings (SSSR count). The summed E-state index contributed by atoms with van der Waals surface area (Å²) in [5.41, 5.74) is 1.84. The number of nitrogens with one attached hydrogen (secondary N) is 1. The monoisotopic (exact) mass is 344 g/mol. The highest BCUT2D eigenvalue weighted by Crippen LogP contribution is 2.24. The molecule has 2 aromatic rings. The van der Waals surface area contributed by atoms with Gasteiger partial charge in [0.25, 0.3) is 0 Å². The lowest BCUT2D eigenvalue weighted by Gasteiger charge is -2.22. The minimum Gasteiger partial charge on any atom is -0.395 e. The van der Waals surface area contributed by atoms with Crippen LogP contribution in [0.4, 0.5) is 10.6 Å². The van der Waals surface area contributed by atoms with E-state index < -0.39 is 0 Å². The third-order valence-electron chi connectivity index (χ3n) is 3.97. The second-order valence-electron chi connectivity index (χ2n) is 6.31. The number of unbranched alkanes of at least 4 members (excludes halogenated alkanes) is 1. The normalized spacial score (nSPS) is 10.9. The molecule has 6 heteroatoms. The van der Waals surface area contributed by atoms with Crippen LogP contribution in [0.2, 0.25) is 0 Å². The van der Waals surface area contributed by atoms with Crippen molar-refractivity contribution in [3.63, 3.8) is 0 Å².